The van der Waals surface area contributed by atoms with Crippen LogP contribution in [0.4, 0.5) is 8.78 Å². The summed E-state index contributed by atoms with van der Waals surface area (Å²) in [6, 6.07) is 2.33. The Morgan fingerprint density at radius 1 is 1.21 bits per heavy atom. The van der Waals surface area contributed by atoms with Gasteiger partial charge in [0, 0.05) is 36.4 Å². The first-order chi connectivity index (χ1) is 13.8. The fraction of sp³-hybridized carbons (Fsp3) is 0.474. The number of nitrogens with zero attached hydrogens (tertiary/aromatic N) is 2. The predicted octanol–water partition coefficient (Wildman–Crippen LogP) is 3.02. The van der Waals surface area contributed by atoms with Crippen LogP contribution in [-0.4, -0.2) is 36.7 Å². The van der Waals surface area contributed by atoms with Gasteiger partial charge in [0.05, 0.1) is 22.1 Å². The number of aromatic nitrogens is 1. The topological polar surface area (TPSA) is 79.4 Å². The van der Waals surface area contributed by atoms with Crippen molar-refractivity contribution in [1.82, 2.24) is 14.6 Å². The Bertz CT molecular complexity index is 1000. The standard InChI is InChI=1S/C19H21F2N3O3S2/c20-14-6-15(21)8-17(7-14)29(26,27)24-5-1-2-13(10-24)19-23-16(11-28-19)9-22-18(25)12-3-4-12/h6-8,11-13H,1-5,9-10H2,(H,22,25). The molecule has 4 rings (SSSR count). The molecule has 1 aromatic heterocycles. The van der Waals surface area contributed by atoms with E-state index in [1.165, 1.54) is 15.6 Å². The quantitative estimate of drug-likeness (QED) is 0.747. The van der Waals surface area contributed by atoms with Gasteiger partial charge < -0.3 is 5.32 Å². The largest absolute Gasteiger partial charge is 0.350 e. The maximum absolute atomic E-state index is 13.5. The second-order valence-corrected chi connectivity index (χ2v) is 10.3. The summed E-state index contributed by atoms with van der Waals surface area (Å²) >= 11 is 1.44. The number of amides is 1. The van der Waals surface area contributed by atoms with Crippen LogP contribution in [0.2, 0.25) is 0 Å². The van der Waals surface area contributed by atoms with Crippen molar-refractivity contribution < 1.29 is 22.0 Å². The molecule has 2 heterocycles. The lowest BCUT2D eigenvalue weighted by molar-refractivity contribution is -0.122. The summed E-state index contributed by atoms with van der Waals surface area (Å²) < 4.78 is 54.0. The van der Waals surface area contributed by atoms with Crippen molar-refractivity contribution in [2.45, 2.75) is 43.0 Å². The number of rotatable bonds is 6. The lowest BCUT2D eigenvalue weighted by Crippen LogP contribution is -2.39. The highest BCUT2D eigenvalue weighted by atomic mass is 32.2. The predicted molar refractivity (Wildman–Crippen MR) is 104 cm³/mol. The first-order valence-corrected chi connectivity index (χ1v) is 11.8. The Balaban J connectivity index is 1.44. The van der Waals surface area contributed by atoms with E-state index in [1.807, 2.05) is 5.38 Å². The minimum atomic E-state index is -3.99. The maximum Gasteiger partial charge on any atom is 0.243 e. The molecule has 1 aliphatic heterocycles. The molecule has 2 aromatic rings. The highest BCUT2D eigenvalue weighted by Crippen LogP contribution is 2.32. The molecule has 1 atom stereocenters. The van der Waals surface area contributed by atoms with Gasteiger partial charge in [-0.25, -0.2) is 22.2 Å². The summed E-state index contributed by atoms with van der Waals surface area (Å²) in [7, 11) is -3.99. The molecule has 29 heavy (non-hydrogen) atoms. The molecule has 1 N–H and O–H groups in total. The van der Waals surface area contributed by atoms with E-state index in [4.69, 9.17) is 0 Å². The minimum absolute atomic E-state index is 0.0526. The maximum atomic E-state index is 13.5. The van der Waals surface area contributed by atoms with Gasteiger partial charge in [0.1, 0.15) is 11.6 Å². The van der Waals surface area contributed by atoms with Crippen molar-refractivity contribution in [3.8, 4) is 0 Å². The molecule has 1 aromatic carbocycles. The number of carbonyl (C=O) groups excluding carboxylic acids is 1. The molecule has 1 amide bonds. The van der Waals surface area contributed by atoms with Crippen LogP contribution < -0.4 is 5.32 Å². The van der Waals surface area contributed by atoms with E-state index in [0.29, 0.717) is 25.6 Å². The van der Waals surface area contributed by atoms with Crippen LogP contribution in [0, 0.1) is 17.6 Å². The van der Waals surface area contributed by atoms with E-state index in [2.05, 4.69) is 10.3 Å². The van der Waals surface area contributed by atoms with Crippen LogP contribution in [-0.2, 0) is 21.4 Å². The van der Waals surface area contributed by atoms with Crippen LogP contribution in [0.3, 0.4) is 0 Å². The molecule has 1 saturated heterocycles. The molecule has 1 aliphatic carbocycles. The van der Waals surface area contributed by atoms with Gasteiger partial charge in [-0.3, -0.25) is 4.79 Å². The summed E-state index contributed by atoms with van der Waals surface area (Å²) in [6.45, 7) is 0.873. The van der Waals surface area contributed by atoms with Crippen molar-refractivity contribution in [1.29, 1.82) is 0 Å². The monoisotopic (exact) mass is 441 g/mol. The Kier molecular flexibility index (Phi) is 5.67. The summed E-state index contributed by atoms with van der Waals surface area (Å²) in [5.74, 6) is -1.74. The number of benzene rings is 1. The Hall–Kier alpha value is -1.91. The molecule has 6 nitrogen and oxygen atoms in total. The van der Waals surface area contributed by atoms with Crippen LogP contribution in [0.1, 0.15) is 42.3 Å². The van der Waals surface area contributed by atoms with Crippen LogP contribution in [0.5, 0.6) is 0 Å². The van der Waals surface area contributed by atoms with Gasteiger partial charge in [-0.05, 0) is 37.8 Å². The van der Waals surface area contributed by atoms with Gasteiger partial charge in [-0.15, -0.1) is 11.3 Å². The van der Waals surface area contributed by atoms with Crippen molar-refractivity contribution in [2.24, 2.45) is 5.92 Å². The molecule has 10 heteroatoms. The highest BCUT2D eigenvalue weighted by Gasteiger charge is 2.33. The molecule has 0 spiro atoms. The van der Waals surface area contributed by atoms with Crippen molar-refractivity contribution in [3.63, 3.8) is 0 Å². The first-order valence-electron chi connectivity index (χ1n) is 9.51. The number of carbonyl (C=O) groups is 1. The Morgan fingerprint density at radius 2 is 1.93 bits per heavy atom. The molecular weight excluding hydrogens is 420 g/mol. The summed E-state index contributed by atoms with van der Waals surface area (Å²) in [4.78, 5) is 15.9. The second kappa shape index (κ2) is 8.08. The van der Waals surface area contributed by atoms with Gasteiger partial charge in [0.15, 0.2) is 0 Å². The van der Waals surface area contributed by atoms with Crippen LogP contribution >= 0.6 is 11.3 Å². The summed E-state index contributed by atoms with van der Waals surface area (Å²) in [6.07, 6.45) is 3.30. The Labute approximate surface area is 172 Å². The normalized spacial score (nSPS) is 20.6. The fourth-order valence-electron chi connectivity index (χ4n) is 3.45. The number of hydrogen-bond donors (Lipinski definition) is 1. The average Bonchev–Trinajstić information content (AvgIpc) is 3.43. The lowest BCUT2D eigenvalue weighted by atomic mass is 10.0. The zero-order chi connectivity index (χ0) is 20.6. The molecule has 2 aliphatic rings. The van der Waals surface area contributed by atoms with E-state index >= 15 is 0 Å². The van der Waals surface area contributed by atoms with E-state index < -0.39 is 21.7 Å². The van der Waals surface area contributed by atoms with E-state index in [0.717, 1.165) is 42.1 Å². The zero-order valence-electron chi connectivity index (χ0n) is 15.6. The van der Waals surface area contributed by atoms with Gasteiger partial charge >= 0.3 is 0 Å². The van der Waals surface area contributed by atoms with Gasteiger partial charge in [-0.2, -0.15) is 4.31 Å². The van der Waals surface area contributed by atoms with Gasteiger partial charge in [0.25, 0.3) is 0 Å². The zero-order valence-corrected chi connectivity index (χ0v) is 17.2. The lowest BCUT2D eigenvalue weighted by Gasteiger charge is -2.31. The molecule has 0 bridgehead atoms. The van der Waals surface area contributed by atoms with Crippen molar-refractivity contribution in [2.75, 3.05) is 13.1 Å². The van der Waals surface area contributed by atoms with Crippen molar-refractivity contribution >= 4 is 27.3 Å². The van der Waals surface area contributed by atoms with Gasteiger partial charge in [-0.1, -0.05) is 0 Å². The van der Waals surface area contributed by atoms with Gasteiger partial charge in [0.2, 0.25) is 15.9 Å². The molecule has 0 radical (unpaired) electrons. The van der Waals surface area contributed by atoms with E-state index in [-0.39, 0.29) is 29.2 Å². The third-order valence-electron chi connectivity index (χ3n) is 5.17. The SMILES string of the molecule is O=C(NCc1csc(C2CCCN(S(=O)(=O)c3cc(F)cc(F)c3)C2)n1)C1CC1. The summed E-state index contributed by atoms with van der Waals surface area (Å²) in [5.41, 5.74) is 0.756. The third-order valence-corrected chi connectivity index (χ3v) is 8.07. The molecular formula is C19H21F2N3O3S2. The molecule has 2 fully saturated rings. The smallest absolute Gasteiger partial charge is 0.243 e. The number of piperidine rings is 1. The van der Waals surface area contributed by atoms with Crippen molar-refractivity contribution in [3.05, 3.63) is 45.9 Å². The van der Waals surface area contributed by atoms with E-state index in [1.54, 1.807) is 0 Å². The number of thiazole rings is 1. The minimum Gasteiger partial charge on any atom is -0.350 e. The van der Waals surface area contributed by atoms with Crippen LogP contribution in [0.25, 0.3) is 0 Å². The third kappa shape index (κ3) is 4.65. The highest BCUT2D eigenvalue weighted by molar-refractivity contribution is 7.89. The number of nitrogens with one attached hydrogen (secondary N) is 1. The average molecular weight is 442 g/mol. The molecule has 1 unspecified atom stereocenters. The first kappa shape index (κ1) is 20.4. The fourth-order valence-corrected chi connectivity index (χ4v) is 5.96. The number of sulfonamides is 1. The van der Waals surface area contributed by atoms with E-state index in [9.17, 15) is 22.0 Å². The number of halogens is 2. The Morgan fingerprint density at radius 3 is 2.62 bits per heavy atom. The van der Waals surface area contributed by atoms with Crippen LogP contribution in [0.15, 0.2) is 28.5 Å². The second-order valence-electron chi connectivity index (χ2n) is 7.48. The molecule has 156 valence electrons. The summed E-state index contributed by atoms with van der Waals surface area (Å²) in [5, 5.41) is 5.55. The number of hydrogen-bond acceptors (Lipinski definition) is 5. The molecule has 1 saturated carbocycles.